The Balaban J connectivity index is 1.47. The molecule has 0 amide bonds. The van der Waals surface area contributed by atoms with Crippen LogP contribution in [0, 0.1) is 0 Å². The van der Waals surface area contributed by atoms with Crippen LogP contribution in [0.3, 0.4) is 0 Å². The summed E-state index contributed by atoms with van der Waals surface area (Å²) in [6.07, 6.45) is 14.7. The summed E-state index contributed by atoms with van der Waals surface area (Å²) >= 11 is 0. The Morgan fingerprint density at radius 1 is 0.976 bits per heavy atom. The molecule has 6 rings (SSSR count). The van der Waals surface area contributed by atoms with Crippen molar-refractivity contribution in [2.75, 3.05) is 26.2 Å². The Kier molecular flexibility index (Phi) is 7.82. The van der Waals surface area contributed by atoms with Crippen LogP contribution < -0.4 is 21.6 Å². The second-order valence-electron chi connectivity index (χ2n) is 10.7. The third-order valence-electron chi connectivity index (χ3n) is 7.86. The number of benzene rings is 1. The van der Waals surface area contributed by atoms with Crippen molar-refractivity contribution in [1.82, 2.24) is 19.8 Å². The summed E-state index contributed by atoms with van der Waals surface area (Å²) in [6.45, 7) is 3.50. The second-order valence-corrected chi connectivity index (χ2v) is 10.7. The molecule has 0 unspecified atom stereocenters. The van der Waals surface area contributed by atoms with Gasteiger partial charge in [-0.3, -0.25) is 19.3 Å². The van der Waals surface area contributed by atoms with Gasteiger partial charge in [-0.15, -0.1) is 0 Å². The van der Waals surface area contributed by atoms with E-state index in [0.29, 0.717) is 28.2 Å². The Hall–Kier alpha value is -4.40. The summed E-state index contributed by atoms with van der Waals surface area (Å²) in [7, 11) is 0. The molecular weight excluding hydrogens is 539 g/mol. The first-order valence-corrected chi connectivity index (χ1v) is 14.4. The van der Waals surface area contributed by atoms with Crippen molar-refractivity contribution in [3.8, 4) is 5.69 Å². The Labute approximate surface area is 241 Å². The standard InChI is InChI=1S/C33H32F3N5O/c34-33(35,36)26-7-3-8-28(20-26)41-30(42)15-12-25-22-39-29-14-11-23(6-4-17-38-31(29)32(25)41)24-10-13-27(9-5-16-37-21-24)40-18-1-2-19-40/h3,7-15,20-22,37H,1-2,4-6,16-19H2/b13-10-,23-11?,24-21+,27-9-,29-14+,38-31+. The molecule has 0 radical (unpaired) electrons. The first-order valence-electron chi connectivity index (χ1n) is 14.4. The maximum absolute atomic E-state index is 13.5. The van der Waals surface area contributed by atoms with E-state index >= 15 is 0 Å². The van der Waals surface area contributed by atoms with E-state index in [-0.39, 0.29) is 5.69 Å². The van der Waals surface area contributed by atoms with E-state index in [9.17, 15) is 18.0 Å². The van der Waals surface area contributed by atoms with E-state index in [1.807, 2.05) is 12.2 Å². The first-order chi connectivity index (χ1) is 20.4. The van der Waals surface area contributed by atoms with Crippen LogP contribution in [0.25, 0.3) is 22.7 Å². The zero-order valence-electron chi connectivity index (χ0n) is 23.2. The van der Waals surface area contributed by atoms with E-state index in [0.717, 1.165) is 62.2 Å². The molecule has 3 aliphatic heterocycles. The van der Waals surface area contributed by atoms with Crippen molar-refractivity contribution in [3.63, 3.8) is 0 Å². The van der Waals surface area contributed by atoms with Gasteiger partial charge in [0.2, 0.25) is 0 Å². The van der Waals surface area contributed by atoms with Gasteiger partial charge in [-0.25, -0.2) is 0 Å². The summed E-state index contributed by atoms with van der Waals surface area (Å²) in [4.78, 5) is 25.1. The lowest BCUT2D eigenvalue weighted by atomic mass is 10.0. The molecule has 42 heavy (non-hydrogen) atoms. The molecule has 1 N–H and O–H groups in total. The van der Waals surface area contributed by atoms with E-state index in [2.05, 4.69) is 39.6 Å². The van der Waals surface area contributed by atoms with Crippen LogP contribution in [0.2, 0.25) is 0 Å². The topological polar surface area (TPSA) is 62.5 Å². The molecule has 0 aliphatic carbocycles. The number of nitrogens with zero attached hydrogens (tertiary/aromatic N) is 4. The second kappa shape index (κ2) is 11.8. The number of hydrogen-bond acceptors (Lipinski definition) is 5. The highest BCUT2D eigenvalue weighted by molar-refractivity contribution is 5.79. The van der Waals surface area contributed by atoms with Crippen LogP contribution in [-0.2, 0) is 6.18 Å². The fourth-order valence-corrected chi connectivity index (χ4v) is 5.73. The molecule has 1 fully saturated rings. The highest BCUT2D eigenvalue weighted by Crippen LogP contribution is 2.30. The minimum Gasteiger partial charge on any atom is -0.390 e. The Morgan fingerprint density at radius 3 is 2.67 bits per heavy atom. The lowest BCUT2D eigenvalue weighted by Crippen LogP contribution is -2.34. The number of likely N-dealkylation sites (tertiary alicyclic amines) is 1. The number of hydrogen-bond donors (Lipinski definition) is 1. The van der Waals surface area contributed by atoms with E-state index in [1.165, 1.54) is 41.3 Å². The third kappa shape index (κ3) is 5.82. The number of allylic oxidation sites excluding steroid dienone is 5. The summed E-state index contributed by atoms with van der Waals surface area (Å²) in [5, 5.41) is 5.12. The van der Waals surface area contributed by atoms with E-state index in [4.69, 9.17) is 4.99 Å². The fraction of sp³-hybridized carbons (Fsp3) is 0.303. The van der Waals surface area contributed by atoms with Gasteiger partial charge in [0.25, 0.3) is 5.56 Å². The van der Waals surface area contributed by atoms with Crippen molar-refractivity contribution in [2.45, 2.75) is 38.3 Å². The van der Waals surface area contributed by atoms with Gasteiger partial charge >= 0.3 is 6.18 Å². The highest BCUT2D eigenvalue weighted by atomic mass is 19.4. The molecule has 0 bridgehead atoms. The van der Waals surface area contributed by atoms with Gasteiger partial charge in [0.1, 0.15) is 5.36 Å². The van der Waals surface area contributed by atoms with Gasteiger partial charge in [-0.05, 0) is 79.7 Å². The average Bonchev–Trinajstić information content (AvgIpc) is 3.56. The van der Waals surface area contributed by atoms with Crippen LogP contribution in [0.4, 0.5) is 13.2 Å². The Bertz CT molecular complexity index is 1810. The number of fused-ring (bicyclic) bond motifs is 3. The molecule has 5 heterocycles. The van der Waals surface area contributed by atoms with Crippen molar-refractivity contribution in [3.05, 3.63) is 117 Å². The molecule has 3 aliphatic rings. The van der Waals surface area contributed by atoms with Crippen LogP contribution >= 0.6 is 0 Å². The summed E-state index contributed by atoms with van der Waals surface area (Å²) < 4.78 is 41.9. The molecule has 6 nitrogen and oxygen atoms in total. The maximum Gasteiger partial charge on any atom is 0.416 e. The first kappa shape index (κ1) is 27.8. The van der Waals surface area contributed by atoms with Crippen molar-refractivity contribution in [1.29, 1.82) is 0 Å². The van der Waals surface area contributed by atoms with Gasteiger partial charge in [-0.1, -0.05) is 24.3 Å². The zero-order valence-corrected chi connectivity index (χ0v) is 23.2. The number of alkyl halides is 3. The molecule has 0 saturated carbocycles. The average molecular weight is 572 g/mol. The van der Waals surface area contributed by atoms with E-state index < -0.39 is 17.3 Å². The smallest absolute Gasteiger partial charge is 0.390 e. The molecule has 0 atom stereocenters. The number of aromatic nitrogens is 2. The summed E-state index contributed by atoms with van der Waals surface area (Å²) in [5.41, 5.74) is 2.81. The molecule has 9 heteroatoms. The molecular formula is C33H32F3N5O. The Morgan fingerprint density at radius 2 is 1.83 bits per heavy atom. The minimum atomic E-state index is -4.53. The molecule has 216 valence electrons. The van der Waals surface area contributed by atoms with Gasteiger partial charge < -0.3 is 10.2 Å². The largest absolute Gasteiger partial charge is 0.416 e. The zero-order chi connectivity index (χ0) is 29.1. The summed E-state index contributed by atoms with van der Waals surface area (Å²) in [6, 6.07) is 7.81. The minimum absolute atomic E-state index is 0.133. The van der Waals surface area contributed by atoms with E-state index in [1.54, 1.807) is 12.3 Å². The SMILES string of the molecule is O=c1ccc2cnc3/c(c2n1-c1cccc(C(F)(F)F)c1)=N\CCCC(C1=C/NCC/C=C(N2CCCC2)/C=C\1)=C\C=3. The molecule has 3 aromatic rings. The molecule has 0 spiro atoms. The monoisotopic (exact) mass is 571 g/mol. The number of rotatable bonds is 3. The fourth-order valence-electron chi connectivity index (χ4n) is 5.73. The molecule has 1 aromatic carbocycles. The predicted octanol–water partition coefficient (Wildman–Crippen LogP) is 4.94. The van der Waals surface area contributed by atoms with Crippen molar-refractivity contribution >= 4 is 17.0 Å². The number of pyridine rings is 2. The number of halogens is 3. The quantitative estimate of drug-likeness (QED) is 0.484. The maximum atomic E-state index is 13.5. The third-order valence-corrected chi connectivity index (χ3v) is 7.86. The molecule has 1 saturated heterocycles. The highest BCUT2D eigenvalue weighted by Gasteiger charge is 2.30. The van der Waals surface area contributed by atoms with Crippen molar-refractivity contribution in [2.24, 2.45) is 4.99 Å². The molecule has 2 aromatic heterocycles. The lowest BCUT2D eigenvalue weighted by molar-refractivity contribution is -0.137. The van der Waals surface area contributed by atoms with Crippen LogP contribution in [0.5, 0.6) is 0 Å². The van der Waals surface area contributed by atoms with Gasteiger partial charge in [0.05, 0.1) is 16.4 Å². The van der Waals surface area contributed by atoms with Crippen LogP contribution in [0.1, 0.15) is 37.7 Å². The van der Waals surface area contributed by atoms with Gasteiger partial charge in [0.15, 0.2) is 0 Å². The summed E-state index contributed by atoms with van der Waals surface area (Å²) in [5.74, 6) is 0. The normalized spacial score (nSPS) is 22.8. The number of nitrogens with one attached hydrogen (secondary N) is 1. The van der Waals surface area contributed by atoms with Crippen LogP contribution in [0.15, 0.2) is 99.7 Å². The van der Waals surface area contributed by atoms with Gasteiger partial charge in [0, 0.05) is 61.4 Å². The van der Waals surface area contributed by atoms with Crippen LogP contribution in [-0.4, -0.2) is 40.6 Å². The van der Waals surface area contributed by atoms with Crippen molar-refractivity contribution < 1.29 is 13.2 Å². The predicted molar refractivity (Wildman–Crippen MR) is 159 cm³/mol. The van der Waals surface area contributed by atoms with Gasteiger partial charge in [-0.2, -0.15) is 13.2 Å². The lowest BCUT2D eigenvalue weighted by Gasteiger charge is -2.19.